The Hall–Kier alpha value is -0.610. The maximum atomic E-state index is 9.87. The molecular weight excluding hydrogens is 136 g/mol. The average molecular weight is 148 g/mol. The topological polar surface area (TPSA) is 55.8 Å². The number of hydrogen-bond acceptors (Lipinski definition) is 3. The normalized spacial score (nSPS) is 9.70. The minimum Gasteiger partial charge on any atom is -0.480 e. The van der Waals surface area contributed by atoms with Crippen LogP contribution in [0.25, 0.3) is 0 Å². The highest BCUT2D eigenvalue weighted by molar-refractivity contribution is 5.67. The second-order valence-corrected chi connectivity index (χ2v) is 1.64. The van der Waals surface area contributed by atoms with Crippen LogP contribution in [-0.4, -0.2) is 37.5 Å². The van der Waals surface area contributed by atoms with E-state index in [2.05, 4.69) is 4.74 Å². The highest BCUT2D eigenvalue weighted by Crippen LogP contribution is 1.77. The molecule has 0 aromatic rings. The zero-order chi connectivity index (χ0) is 7.82. The number of rotatable bonds is 6. The van der Waals surface area contributed by atoms with E-state index in [1.165, 1.54) is 0 Å². The molecule has 0 amide bonds. The predicted octanol–water partition coefficient (Wildman–Crippen LogP) is 0.124. The van der Waals surface area contributed by atoms with E-state index in [4.69, 9.17) is 9.84 Å². The summed E-state index contributed by atoms with van der Waals surface area (Å²) in [5, 5.41) is 8.10. The maximum absolute atomic E-state index is 9.87. The van der Waals surface area contributed by atoms with Gasteiger partial charge in [-0.2, -0.15) is 0 Å². The van der Waals surface area contributed by atoms with Gasteiger partial charge >= 0.3 is 5.97 Å². The number of hydrogen-bond donors (Lipinski definition) is 1. The number of carboxylic acid groups (broad SMARTS) is 1. The molecule has 0 aliphatic heterocycles. The van der Waals surface area contributed by atoms with Crippen molar-refractivity contribution in [2.45, 2.75) is 6.92 Å². The van der Waals surface area contributed by atoms with Crippen molar-refractivity contribution >= 4 is 5.97 Å². The molecule has 0 saturated heterocycles. The third kappa shape index (κ3) is 7.39. The molecule has 0 spiro atoms. The largest absolute Gasteiger partial charge is 0.480 e. The van der Waals surface area contributed by atoms with Crippen LogP contribution in [-0.2, 0) is 14.3 Å². The molecule has 1 N–H and O–H groups in total. The Labute approximate surface area is 59.7 Å². The van der Waals surface area contributed by atoms with Crippen molar-refractivity contribution < 1.29 is 19.4 Å². The zero-order valence-electron chi connectivity index (χ0n) is 6.00. The molecule has 60 valence electrons. The Morgan fingerprint density at radius 1 is 1.40 bits per heavy atom. The molecule has 0 rings (SSSR count). The minimum absolute atomic E-state index is 0.243. The summed E-state index contributed by atoms with van der Waals surface area (Å²) < 4.78 is 9.57. The lowest BCUT2D eigenvalue weighted by atomic mass is 10.7. The van der Waals surface area contributed by atoms with E-state index < -0.39 is 5.97 Å². The van der Waals surface area contributed by atoms with E-state index in [-0.39, 0.29) is 6.61 Å². The summed E-state index contributed by atoms with van der Waals surface area (Å²) in [6.45, 7) is 3.07. The molecule has 4 nitrogen and oxygen atoms in total. The second kappa shape index (κ2) is 6.51. The summed E-state index contributed by atoms with van der Waals surface area (Å²) in [6.07, 6.45) is 0. The van der Waals surface area contributed by atoms with Crippen molar-refractivity contribution in [2.75, 3.05) is 26.4 Å². The van der Waals surface area contributed by atoms with Crippen molar-refractivity contribution in [1.29, 1.82) is 0 Å². The summed E-state index contributed by atoms with van der Waals surface area (Å²) in [7, 11) is 0. The third-order valence-electron chi connectivity index (χ3n) is 0.802. The summed E-state index contributed by atoms with van der Waals surface area (Å²) in [6, 6.07) is 0. The van der Waals surface area contributed by atoms with E-state index in [1.54, 1.807) is 0 Å². The van der Waals surface area contributed by atoms with Crippen LogP contribution in [0.15, 0.2) is 0 Å². The van der Waals surface area contributed by atoms with Crippen LogP contribution < -0.4 is 0 Å². The molecule has 0 saturated carbocycles. The standard InChI is InChI=1S/C6H12O4/c1-2-9-3-4-10-5-6(7)8/h2-5H2,1H3,(H,7,8). The molecule has 0 atom stereocenters. The van der Waals surface area contributed by atoms with E-state index in [0.29, 0.717) is 19.8 Å². The molecular formula is C6H12O4. The van der Waals surface area contributed by atoms with Gasteiger partial charge in [0.2, 0.25) is 0 Å². The molecule has 0 unspecified atom stereocenters. The Morgan fingerprint density at radius 2 is 2.00 bits per heavy atom. The summed E-state index contributed by atoms with van der Waals surface area (Å²) in [4.78, 5) is 9.87. The highest BCUT2D eigenvalue weighted by atomic mass is 16.5. The fourth-order valence-corrected chi connectivity index (χ4v) is 0.422. The number of aliphatic carboxylic acids is 1. The number of carboxylic acids is 1. The van der Waals surface area contributed by atoms with Gasteiger partial charge in [0, 0.05) is 6.61 Å². The van der Waals surface area contributed by atoms with Gasteiger partial charge in [-0.05, 0) is 6.92 Å². The van der Waals surface area contributed by atoms with Crippen LogP contribution in [0.3, 0.4) is 0 Å². The summed E-state index contributed by atoms with van der Waals surface area (Å²) in [5.41, 5.74) is 0. The minimum atomic E-state index is -0.948. The molecule has 0 aliphatic carbocycles. The van der Waals surface area contributed by atoms with Gasteiger partial charge in [-0.25, -0.2) is 4.79 Å². The average Bonchev–Trinajstić information content (AvgIpc) is 1.87. The smallest absolute Gasteiger partial charge is 0.329 e. The first-order valence-electron chi connectivity index (χ1n) is 3.14. The van der Waals surface area contributed by atoms with Crippen molar-refractivity contribution in [1.82, 2.24) is 0 Å². The SMILES string of the molecule is CCOCCOCC(=O)O. The lowest BCUT2D eigenvalue weighted by Gasteiger charge is -1.99. The molecule has 0 heterocycles. The first-order chi connectivity index (χ1) is 4.77. The molecule has 0 bridgehead atoms. The predicted molar refractivity (Wildman–Crippen MR) is 34.9 cm³/mol. The van der Waals surface area contributed by atoms with Crippen LogP contribution in [0.1, 0.15) is 6.92 Å². The van der Waals surface area contributed by atoms with Gasteiger partial charge in [0.05, 0.1) is 13.2 Å². The van der Waals surface area contributed by atoms with Gasteiger partial charge in [-0.1, -0.05) is 0 Å². The zero-order valence-corrected chi connectivity index (χ0v) is 6.00. The first kappa shape index (κ1) is 9.39. The monoisotopic (exact) mass is 148 g/mol. The Morgan fingerprint density at radius 3 is 2.50 bits per heavy atom. The molecule has 0 radical (unpaired) electrons. The van der Waals surface area contributed by atoms with Crippen LogP contribution in [0.5, 0.6) is 0 Å². The fourth-order valence-electron chi connectivity index (χ4n) is 0.422. The molecule has 0 aliphatic rings. The van der Waals surface area contributed by atoms with E-state index >= 15 is 0 Å². The van der Waals surface area contributed by atoms with Gasteiger partial charge in [0.1, 0.15) is 6.61 Å². The molecule has 4 heteroatoms. The third-order valence-corrected chi connectivity index (χ3v) is 0.802. The van der Waals surface area contributed by atoms with Crippen molar-refractivity contribution in [3.8, 4) is 0 Å². The van der Waals surface area contributed by atoms with Crippen molar-refractivity contribution in [2.24, 2.45) is 0 Å². The van der Waals surface area contributed by atoms with Crippen LogP contribution >= 0.6 is 0 Å². The van der Waals surface area contributed by atoms with Gasteiger partial charge in [0.15, 0.2) is 0 Å². The lowest BCUT2D eigenvalue weighted by molar-refractivity contribution is -0.142. The molecule has 10 heavy (non-hydrogen) atoms. The van der Waals surface area contributed by atoms with E-state index in [1.807, 2.05) is 6.92 Å². The molecule has 0 aromatic heterocycles. The van der Waals surface area contributed by atoms with Gasteiger partial charge in [-0.15, -0.1) is 0 Å². The first-order valence-corrected chi connectivity index (χ1v) is 3.14. The van der Waals surface area contributed by atoms with Crippen molar-refractivity contribution in [3.05, 3.63) is 0 Å². The van der Waals surface area contributed by atoms with Gasteiger partial charge in [0.25, 0.3) is 0 Å². The second-order valence-electron chi connectivity index (χ2n) is 1.64. The van der Waals surface area contributed by atoms with Crippen LogP contribution in [0, 0.1) is 0 Å². The van der Waals surface area contributed by atoms with Gasteiger partial charge in [-0.3, -0.25) is 0 Å². The summed E-state index contributed by atoms with van der Waals surface area (Å²) in [5.74, 6) is -0.948. The Balaban J connectivity index is 2.84. The summed E-state index contributed by atoms with van der Waals surface area (Å²) >= 11 is 0. The fraction of sp³-hybridized carbons (Fsp3) is 0.833. The van der Waals surface area contributed by atoms with E-state index in [0.717, 1.165) is 0 Å². The Kier molecular flexibility index (Phi) is 6.11. The molecule has 0 aromatic carbocycles. The van der Waals surface area contributed by atoms with Crippen LogP contribution in [0.2, 0.25) is 0 Å². The Bertz CT molecular complexity index is 91.7. The quantitative estimate of drug-likeness (QED) is 0.544. The van der Waals surface area contributed by atoms with Gasteiger partial charge < -0.3 is 14.6 Å². The highest BCUT2D eigenvalue weighted by Gasteiger charge is 1.94. The number of ether oxygens (including phenoxy) is 2. The maximum Gasteiger partial charge on any atom is 0.329 e. The lowest BCUT2D eigenvalue weighted by Crippen LogP contribution is -2.11. The molecule has 0 fully saturated rings. The van der Waals surface area contributed by atoms with E-state index in [9.17, 15) is 4.79 Å². The van der Waals surface area contributed by atoms with Crippen LogP contribution in [0.4, 0.5) is 0 Å². The van der Waals surface area contributed by atoms with Crippen molar-refractivity contribution in [3.63, 3.8) is 0 Å². The number of carbonyl (C=O) groups is 1.